The van der Waals surface area contributed by atoms with E-state index >= 15 is 0 Å². The Morgan fingerprint density at radius 2 is 2.00 bits per heavy atom. The van der Waals surface area contributed by atoms with E-state index < -0.39 is 5.60 Å². The lowest BCUT2D eigenvalue weighted by molar-refractivity contribution is 0.00297. The van der Waals surface area contributed by atoms with Gasteiger partial charge >= 0.3 is 0 Å². The van der Waals surface area contributed by atoms with Crippen molar-refractivity contribution in [3.63, 3.8) is 0 Å². The molecule has 19 heavy (non-hydrogen) atoms. The second-order valence-corrected chi connectivity index (χ2v) is 5.85. The molecule has 2 rings (SSSR count). The van der Waals surface area contributed by atoms with Gasteiger partial charge in [-0.1, -0.05) is 19.3 Å². The molecule has 1 saturated carbocycles. The molecule has 1 aromatic rings. The third-order valence-electron chi connectivity index (χ3n) is 4.13. The first-order valence-electron chi connectivity index (χ1n) is 7.26. The number of aryl methyl sites for hydroxylation is 2. The monoisotopic (exact) mass is 263 g/mol. The molecule has 0 aromatic carbocycles. The van der Waals surface area contributed by atoms with Crippen LogP contribution in [0.4, 0.5) is 0 Å². The van der Waals surface area contributed by atoms with Crippen molar-refractivity contribution in [3.8, 4) is 0 Å². The van der Waals surface area contributed by atoms with Gasteiger partial charge in [-0.15, -0.1) is 0 Å². The zero-order valence-electron chi connectivity index (χ0n) is 12.2. The Bertz CT molecular complexity index is 427. The van der Waals surface area contributed by atoms with Gasteiger partial charge in [-0.2, -0.15) is 0 Å². The summed E-state index contributed by atoms with van der Waals surface area (Å²) in [5.41, 5.74) is 1.61. The van der Waals surface area contributed by atoms with E-state index in [1.165, 1.54) is 6.42 Å². The predicted octanol–water partition coefficient (Wildman–Crippen LogP) is 2.44. The summed E-state index contributed by atoms with van der Waals surface area (Å²) in [6.07, 6.45) is 7.24. The molecule has 0 saturated heterocycles. The highest BCUT2D eigenvalue weighted by Gasteiger charge is 2.29. The van der Waals surface area contributed by atoms with Crippen LogP contribution in [0.2, 0.25) is 0 Å². The van der Waals surface area contributed by atoms with Crippen LogP contribution in [-0.4, -0.2) is 27.2 Å². The summed E-state index contributed by atoms with van der Waals surface area (Å²) in [6, 6.07) is 0.173. The van der Waals surface area contributed by atoms with Crippen molar-refractivity contribution in [2.24, 2.45) is 0 Å². The molecule has 0 spiro atoms. The molecular weight excluding hydrogens is 238 g/mol. The minimum absolute atomic E-state index is 0.173. The van der Waals surface area contributed by atoms with Crippen LogP contribution in [0, 0.1) is 13.8 Å². The van der Waals surface area contributed by atoms with Gasteiger partial charge < -0.3 is 10.4 Å². The van der Waals surface area contributed by atoms with Crippen molar-refractivity contribution >= 4 is 0 Å². The van der Waals surface area contributed by atoms with Gasteiger partial charge in [0.25, 0.3) is 0 Å². The predicted molar refractivity (Wildman–Crippen MR) is 76.0 cm³/mol. The first-order valence-corrected chi connectivity index (χ1v) is 7.26. The van der Waals surface area contributed by atoms with Crippen LogP contribution in [0.3, 0.4) is 0 Å². The number of hydrogen-bond acceptors (Lipinski definition) is 4. The van der Waals surface area contributed by atoms with Crippen LogP contribution in [0.1, 0.15) is 62.2 Å². The highest BCUT2D eigenvalue weighted by molar-refractivity contribution is 5.19. The lowest BCUT2D eigenvalue weighted by atomic mass is 9.84. The Morgan fingerprint density at radius 1 is 1.32 bits per heavy atom. The SMILES string of the molecule is Cc1ncc(C(C)NCC2(O)CCCCC2)c(C)n1. The summed E-state index contributed by atoms with van der Waals surface area (Å²) in [7, 11) is 0. The van der Waals surface area contributed by atoms with Crippen molar-refractivity contribution in [1.29, 1.82) is 0 Å². The molecule has 106 valence electrons. The summed E-state index contributed by atoms with van der Waals surface area (Å²) in [4.78, 5) is 8.65. The highest BCUT2D eigenvalue weighted by atomic mass is 16.3. The molecule has 2 N–H and O–H groups in total. The van der Waals surface area contributed by atoms with Gasteiger partial charge in [-0.3, -0.25) is 0 Å². The third-order valence-corrected chi connectivity index (χ3v) is 4.13. The van der Waals surface area contributed by atoms with Crippen molar-refractivity contribution < 1.29 is 5.11 Å². The van der Waals surface area contributed by atoms with Crippen molar-refractivity contribution in [3.05, 3.63) is 23.3 Å². The van der Waals surface area contributed by atoms with E-state index in [4.69, 9.17) is 0 Å². The van der Waals surface area contributed by atoms with Gasteiger partial charge in [0, 0.05) is 30.0 Å². The molecular formula is C15H25N3O. The molecule has 1 heterocycles. The minimum atomic E-state index is -0.522. The van der Waals surface area contributed by atoms with E-state index in [0.29, 0.717) is 6.54 Å². The second kappa shape index (κ2) is 5.97. The number of aromatic nitrogens is 2. The molecule has 0 aliphatic heterocycles. The van der Waals surface area contributed by atoms with Gasteiger partial charge in [0.1, 0.15) is 5.82 Å². The van der Waals surface area contributed by atoms with Gasteiger partial charge in [0.15, 0.2) is 0 Å². The van der Waals surface area contributed by atoms with E-state index in [-0.39, 0.29) is 6.04 Å². The van der Waals surface area contributed by atoms with Crippen molar-refractivity contribution in [2.75, 3.05) is 6.54 Å². The maximum absolute atomic E-state index is 10.5. The van der Waals surface area contributed by atoms with E-state index in [1.54, 1.807) is 0 Å². The maximum atomic E-state index is 10.5. The standard InChI is InChI=1S/C15H25N3O/c1-11(14-9-16-13(3)18-12(14)2)17-10-15(19)7-5-4-6-8-15/h9,11,17,19H,4-8,10H2,1-3H3. The number of nitrogens with one attached hydrogen (secondary N) is 1. The maximum Gasteiger partial charge on any atom is 0.125 e. The van der Waals surface area contributed by atoms with Gasteiger partial charge in [-0.25, -0.2) is 9.97 Å². The number of rotatable bonds is 4. The number of hydrogen-bond donors (Lipinski definition) is 2. The van der Waals surface area contributed by atoms with Crippen molar-refractivity contribution in [1.82, 2.24) is 15.3 Å². The fourth-order valence-electron chi connectivity index (χ4n) is 2.86. The molecule has 1 fully saturated rings. The molecule has 4 nitrogen and oxygen atoms in total. The fourth-order valence-corrected chi connectivity index (χ4v) is 2.86. The van der Waals surface area contributed by atoms with E-state index in [2.05, 4.69) is 22.2 Å². The summed E-state index contributed by atoms with van der Waals surface area (Å²) in [5, 5.41) is 13.9. The summed E-state index contributed by atoms with van der Waals surface area (Å²) in [5.74, 6) is 0.805. The summed E-state index contributed by atoms with van der Waals surface area (Å²) < 4.78 is 0. The van der Waals surface area contributed by atoms with Crippen LogP contribution >= 0.6 is 0 Å². The van der Waals surface area contributed by atoms with E-state index in [0.717, 1.165) is 42.8 Å². The Labute approximate surface area is 115 Å². The van der Waals surface area contributed by atoms with E-state index in [1.807, 2.05) is 20.0 Å². The Morgan fingerprint density at radius 3 is 2.63 bits per heavy atom. The summed E-state index contributed by atoms with van der Waals surface area (Å²) in [6.45, 7) is 6.67. The minimum Gasteiger partial charge on any atom is -0.389 e. The van der Waals surface area contributed by atoms with Gasteiger partial charge in [0.05, 0.1) is 5.60 Å². The zero-order chi connectivity index (χ0) is 13.9. The normalized spacial score (nSPS) is 20.2. The molecule has 0 amide bonds. The Hall–Kier alpha value is -1.00. The van der Waals surface area contributed by atoms with Crippen molar-refractivity contribution in [2.45, 2.75) is 64.5 Å². The van der Waals surface area contributed by atoms with Crippen LogP contribution in [0.5, 0.6) is 0 Å². The van der Waals surface area contributed by atoms with Gasteiger partial charge in [0.2, 0.25) is 0 Å². The smallest absolute Gasteiger partial charge is 0.125 e. The molecule has 0 radical (unpaired) electrons. The van der Waals surface area contributed by atoms with Crippen LogP contribution in [0.15, 0.2) is 6.20 Å². The molecule has 4 heteroatoms. The zero-order valence-corrected chi connectivity index (χ0v) is 12.2. The third kappa shape index (κ3) is 3.74. The average Bonchev–Trinajstić information content (AvgIpc) is 2.37. The first kappa shape index (κ1) is 14.4. The molecule has 1 aromatic heterocycles. The van der Waals surface area contributed by atoms with Crippen LogP contribution in [0.25, 0.3) is 0 Å². The topological polar surface area (TPSA) is 58.0 Å². The number of nitrogens with zero attached hydrogens (tertiary/aromatic N) is 2. The largest absolute Gasteiger partial charge is 0.389 e. The average molecular weight is 263 g/mol. The van der Waals surface area contributed by atoms with Crippen LogP contribution < -0.4 is 5.32 Å². The molecule has 1 atom stereocenters. The molecule has 0 bridgehead atoms. The lowest BCUT2D eigenvalue weighted by Crippen LogP contribution is -2.43. The molecule has 1 aliphatic carbocycles. The quantitative estimate of drug-likeness (QED) is 0.876. The Balaban J connectivity index is 1.95. The Kier molecular flexibility index (Phi) is 4.53. The molecule has 1 unspecified atom stereocenters. The van der Waals surface area contributed by atoms with Crippen LogP contribution in [-0.2, 0) is 0 Å². The fraction of sp³-hybridized carbons (Fsp3) is 0.733. The lowest BCUT2D eigenvalue weighted by Gasteiger charge is -2.33. The highest BCUT2D eigenvalue weighted by Crippen LogP contribution is 2.28. The number of aliphatic hydroxyl groups is 1. The van der Waals surface area contributed by atoms with E-state index in [9.17, 15) is 5.11 Å². The van der Waals surface area contributed by atoms with Gasteiger partial charge in [-0.05, 0) is 33.6 Å². The summed E-state index contributed by atoms with van der Waals surface area (Å²) >= 11 is 0. The first-order chi connectivity index (χ1) is 9.00. The second-order valence-electron chi connectivity index (χ2n) is 5.85. The molecule has 1 aliphatic rings.